The van der Waals surface area contributed by atoms with Gasteiger partial charge in [-0.1, -0.05) is 6.42 Å². The van der Waals surface area contributed by atoms with Crippen molar-refractivity contribution in [3.63, 3.8) is 0 Å². The highest BCUT2D eigenvalue weighted by Gasteiger charge is 2.53. The first-order valence-corrected chi connectivity index (χ1v) is 5.35. The summed E-state index contributed by atoms with van der Waals surface area (Å²) in [5.74, 6) is 4.19. The Kier molecular flexibility index (Phi) is 1.38. The van der Waals surface area contributed by atoms with Crippen molar-refractivity contribution in [1.29, 1.82) is 0 Å². The maximum atomic E-state index is 10.8. The van der Waals surface area contributed by atoms with Gasteiger partial charge in [0.15, 0.2) is 0 Å². The topological polar surface area (TPSA) is 17.1 Å². The van der Waals surface area contributed by atoms with Crippen LogP contribution in [0.4, 0.5) is 0 Å². The largest absolute Gasteiger partial charge is 0.303 e. The van der Waals surface area contributed by atoms with Crippen molar-refractivity contribution in [1.82, 2.24) is 0 Å². The summed E-state index contributed by atoms with van der Waals surface area (Å²) in [4.78, 5) is 10.8. The van der Waals surface area contributed by atoms with Crippen LogP contribution in [0.15, 0.2) is 0 Å². The van der Waals surface area contributed by atoms with Crippen LogP contribution in [0.3, 0.4) is 0 Å². The number of carbonyl (C=O) groups is 1. The van der Waals surface area contributed by atoms with Gasteiger partial charge < -0.3 is 4.79 Å². The van der Waals surface area contributed by atoms with E-state index in [0.29, 0.717) is 5.92 Å². The third-order valence-corrected chi connectivity index (χ3v) is 4.65. The minimum absolute atomic E-state index is 0.453. The first-order valence-electron chi connectivity index (χ1n) is 5.35. The van der Waals surface area contributed by atoms with Crippen LogP contribution in [0.2, 0.25) is 0 Å². The Labute approximate surface area is 73.5 Å². The molecule has 0 N–H and O–H groups in total. The first-order chi connectivity index (χ1) is 5.90. The van der Waals surface area contributed by atoms with Gasteiger partial charge in [-0.15, -0.1) is 0 Å². The standard InChI is InChI=1S/C11H16O/c12-6-8-4-7-5-11(8)10-3-1-2-9(7)10/h6-11H,1-5H2. The second-order valence-electron chi connectivity index (χ2n) is 4.95. The van der Waals surface area contributed by atoms with Crippen LogP contribution in [0, 0.1) is 29.6 Å². The van der Waals surface area contributed by atoms with Gasteiger partial charge in [-0.05, 0) is 49.4 Å². The predicted molar refractivity (Wildman–Crippen MR) is 46.6 cm³/mol. The van der Waals surface area contributed by atoms with Crippen molar-refractivity contribution >= 4 is 6.29 Å². The molecule has 1 heteroatoms. The van der Waals surface area contributed by atoms with E-state index in [1.165, 1.54) is 38.4 Å². The molecule has 0 spiro atoms. The molecule has 3 aliphatic carbocycles. The smallest absolute Gasteiger partial charge is 0.123 e. The first kappa shape index (κ1) is 7.11. The fraction of sp³-hybridized carbons (Fsp3) is 0.909. The van der Waals surface area contributed by atoms with Crippen molar-refractivity contribution in [3.05, 3.63) is 0 Å². The zero-order valence-corrected chi connectivity index (χ0v) is 7.41. The molecule has 0 aromatic carbocycles. The lowest BCUT2D eigenvalue weighted by atomic mass is 9.76. The third-order valence-electron chi connectivity index (χ3n) is 4.65. The highest BCUT2D eigenvalue weighted by atomic mass is 16.1. The van der Waals surface area contributed by atoms with Crippen LogP contribution in [0.5, 0.6) is 0 Å². The van der Waals surface area contributed by atoms with Crippen molar-refractivity contribution in [3.8, 4) is 0 Å². The summed E-state index contributed by atoms with van der Waals surface area (Å²) < 4.78 is 0. The molecule has 5 atom stereocenters. The van der Waals surface area contributed by atoms with Crippen LogP contribution in [0.25, 0.3) is 0 Å². The Bertz CT molecular complexity index is 211. The van der Waals surface area contributed by atoms with Gasteiger partial charge in [-0.3, -0.25) is 0 Å². The molecule has 0 amide bonds. The molecule has 0 radical (unpaired) electrons. The number of fused-ring (bicyclic) bond motifs is 5. The molecule has 66 valence electrons. The SMILES string of the molecule is O=CC1CC2CC1C1CCCC21. The van der Waals surface area contributed by atoms with Crippen LogP contribution >= 0.6 is 0 Å². The number of hydrogen-bond donors (Lipinski definition) is 0. The van der Waals surface area contributed by atoms with E-state index >= 15 is 0 Å². The van der Waals surface area contributed by atoms with E-state index < -0.39 is 0 Å². The molecular weight excluding hydrogens is 148 g/mol. The molecule has 0 aromatic heterocycles. The molecule has 12 heavy (non-hydrogen) atoms. The summed E-state index contributed by atoms with van der Waals surface area (Å²) in [7, 11) is 0. The van der Waals surface area contributed by atoms with E-state index in [-0.39, 0.29) is 0 Å². The summed E-state index contributed by atoms with van der Waals surface area (Å²) in [5.41, 5.74) is 0. The summed E-state index contributed by atoms with van der Waals surface area (Å²) in [6.07, 6.45) is 8.19. The Morgan fingerprint density at radius 3 is 2.67 bits per heavy atom. The van der Waals surface area contributed by atoms with Crippen LogP contribution in [0.1, 0.15) is 32.1 Å². The minimum Gasteiger partial charge on any atom is -0.303 e. The lowest BCUT2D eigenvalue weighted by molar-refractivity contribution is -0.113. The van der Waals surface area contributed by atoms with Crippen molar-refractivity contribution in [2.45, 2.75) is 32.1 Å². The van der Waals surface area contributed by atoms with Gasteiger partial charge in [0.2, 0.25) is 0 Å². The molecule has 0 heterocycles. The van der Waals surface area contributed by atoms with Crippen molar-refractivity contribution in [2.75, 3.05) is 0 Å². The van der Waals surface area contributed by atoms with E-state index in [4.69, 9.17) is 0 Å². The fourth-order valence-electron chi connectivity index (χ4n) is 4.28. The van der Waals surface area contributed by atoms with Gasteiger partial charge in [0.05, 0.1) is 0 Å². The highest BCUT2D eigenvalue weighted by Crippen LogP contribution is 2.60. The van der Waals surface area contributed by atoms with E-state index in [9.17, 15) is 4.79 Å². The van der Waals surface area contributed by atoms with Crippen molar-refractivity contribution in [2.24, 2.45) is 29.6 Å². The van der Waals surface area contributed by atoms with Gasteiger partial charge in [-0.25, -0.2) is 0 Å². The zero-order chi connectivity index (χ0) is 8.13. The van der Waals surface area contributed by atoms with Gasteiger partial charge in [0.1, 0.15) is 6.29 Å². The normalized spacial score (nSPS) is 55.8. The highest BCUT2D eigenvalue weighted by molar-refractivity contribution is 5.55. The molecule has 1 nitrogen and oxygen atoms in total. The second-order valence-corrected chi connectivity index (χ2v) is 4.95. The molecule has 3 saturated carbocycles. The van der Waals surface area contributed by atoms with Crippen LogP contribution in [-0.2, 0) is 4.79 Å². The average molecular weight is 164 g/mol. The Hall–Kier alpha value is -0.330. The van der Waals surface area contributed by atoms with Gasteiger partial charge in [0, 0.05) is 5.92 Å². The molecule has 3 fully saturated rings. The van der Waals surface area contributed by atoms with Gasteiger partial charge >= 0.3 is 0 Å². The van der Waals surface area contributed by atoms with Gasteiger partial charge in [0.25, 0.3) is 0 Å². The minimum atomic E-state index is 0.453. The number of aldehydes is 1. The Morgan fingerprint density at radius 1 is 1.00 bits per heavy atom. The van der Waals surface area contributed by atoms with E-state index in [0.717, 1.165) is 23.7 Å². The number of carbonyl (C=O) groups excluding carboxylic acids is 1. The van der Waals surface area contributed by atoms with E-state index in [2.05, 4.69) is 0 Å². The Morgan fingerprint density at radius 2 is 1.83 bits per heavy atom. The molecular formula is C11H16O. The number of hydrogen-bond acceptors (Lipinski definition) is 1. The maximum absolute atomic E-state index is 10.8. The maximum Gasteiger partial charge on any atom is 0.123 e. The lowest BCUT2D eigenvalue weighted by Gasteiger charge is -2.28. The molecule has 3 aliphatic rings. The fourth-order valence-corrected chi connectivity index (χ4v) is 4.28. The molecule has 0 aliphatic heterocycles. The average Bonchev–Trinajstić information content (AvgIpc) is 2.75. The monoisotopic (exact) mass is 164 g/mol. The van der Waals surface area contributed by atoms with Crippen molar-refractivity contribution < 1.29 is 4.79 Å². The van der Waals surface area contributed by atoms with Crippen LogP contribution in [-0.4, -0.2) is 6.29 Å². The molecule has 3 rings (SSSR count). The molecule has 0 saturated heterocycles. The summed E-state index contributed by atoms with van der Waals surface area (Å²) in [5, 5.41) is 0. The molecule has 5 unspecified atom stereocenters. The lowest BCUT2D eigenvalue weighted by Crippen LogP contribution is -2.24. The summed E-state index contributed by atoms with van der Waals surface area (Å²) in [6, 6.07) is 0. The molecule has 0 aromatic rings. The quantitative estimate of drug-likeness (QED) is 0.543. The third kappa shape index (κ3) is 0.725. The van der Waals surface area contributed by atoms with Gasteiger partial charge in [-0.2, -0.15) is 0 Å². The second kappa shape index (κ2) is 2.34. The van der Waals surface area contributed by atoms with Crippen LogP contribution < -0.4 is 0 Å². The summed E-state index contributed by atoms with van der Waals surface area (Å²) >= 11 is 0. The van der Waals surface area contributed by atoms with E-state index in [1.54, 1.807) is 0 Å². The molecule has 2 bridgehead atoms. The summed E-state index contributed by atoms with van der Waals surface area (Å²) in [6.45, 7) is 0. The number of rotatable bonds is 1. The predicted octanol–water partition coefficient (Wildman–Crippen LogP) is 2.26. The zero-order valence-electron chi connectivity index (χ0n) is 7.41. The van der Waals surface area contributed by atoms with E-state index in [1.807, 2.05) is 0 Å². The Balaban J connectivity index is 1.87.